The molecule has 2 aliphatic heterocycles. The average molecular weight is 467 g/mol. The van der Waals surface area contributed by atoms with Crippen molar-refractivity contribution in [1.82, 2.24) is 19.0 Å². The van der Waals surface area contributed by atoms with Crippen LogP contribution in [0.1, 0.15) is 65.0 Å². The first-order valence-corrected chi connectivity index (χ1v) is 12.3. The summed E-state index contributed by atoms with van der Waals surface area (Å²) >= 11 is 1.68. The summed E-state index contributed by atoms with van der Waals surface area (Å²) in [6.07, 6.45) is 0.643. The number of benzene rings is 1. The zero-order valence-electron chi connectivity index (χ0n) is 18.5. The van der Waals surface area contributed by atoms with Crippen LogP contribution in [0.4, 0.5) is 13.2 Å². The van der Waals surface area contributed by atoms with E-state index in [1.165, 1.54) is 6.07 Å². The molecule has 0 unspecified atom stereocenters. The van der Waals surface area contributed by atoms with Crippen LogP contribution in [0.3, 0.4) is 0 Å². The molecule has 174 valence electrons. The fraction of sp³-hybridized carbons (Fsp3) is 0.565. The van der Waals surface area contributed by atoms with Crippen LogP contribution in [0.5, 0.6) is 0 Å². The highest BCUT2D eigenvalue weighted by molar-refractivity contribution is 7.96. The molecule has 2 aliphatic rings. The first kappa shape index (κ1) is 23.2. The second-order valence-corrected chi connectivity index (χ2v) is 9.27. The average Bonchev–Trinajstić information content (AvgIpc) is 2.99. The first-order valence-electron chi connectivity index (χ1n) is 11.2. The Morgan fingerprint density at radius 2 is 1.91 bits per heavy atom. The zero-order valence-corrected chi connectivity index (χ0v) is 19.3. The van der Waals surface area contributed by atoms with Crippen molar-refractivity contribution in [3.8, 4) is 0 Å². The highest BCUT2D eigenvalue weighted by atomic mass is 32.2. The van der Waals surface area contributed by atoms with Crippen LogP contribution in [-0.4, -0.2) is 50.8 Å². The quantitative estimate of drug-likeness (QED) is 0.597. The van der Waals surface area contributed by atoms with Crippen molar-refractivity contribution in [3.05, 3.63) is 52.3 Å². The van der Waals surface area contributed by atoms with Crippen LogP contribution in [0.15, 0.2) is 24.3 Å². The highest BCUT2D eigenvalue weighted by Crippen LogP contribution is 2.39. The standard InChI is InChI=1S/C23H29F3N4OS/c1-3-30-20-9-6-12-29(32-2)15-18(20)21(27-30)22(31)28-13-10-16(11-14-28)17-7-4-5-8-19(17)23(24,25)26/h4-5,7-8,16H,3,6,9-15H2,1-2H3. The van der Waals surface area contributed by atoms with Gasteiger partial charge in [-0.05, 0) is 56.4 Å². The predicted molar refractivity (Wildman–Crippen MR) is 119 cm³/mol. The number of hydrogen-bond acceptors (Lipinski definition) is 4. The van der Waals surface area contributed by atoms with Gasteiger partial charge < -0.3 is 4.90 Å². The largest absolute Gasteiger partial charge is 0.416 e. The number of halogens is 3. The fourth-order valence-corrected chi connectivity index (χ4v) is 5.47. The Hall–Kier alpha value is -2.00. The molecule has 0 radical (unpaired) electrons. The third-order valence-electron chi connectivity index (χ3n) is 6.57. The number of rotatable bonds is 4. The Bertz CT molecular complexity index is 967. The van der Waals surface area contributed by atoms with E-state index in [1.807, 2.05) is 17.9 Å². The molecule has 0 aliphatic carbocycles. The highest BCUT2D eigenvalue weighted by Gasteiger charge is 2.37. The van der Waals surface area contributed by atoms with E-state index in [-0.39, 0.29) is 11.8 Å². The maximum Gasteiger partial charge on any atom is 0.416 e. The second-order valence-electron chi connectivity index (χ2n) is 8.39. The van der Waals surface area contributed by atoms with E-state index >= 15 is 0 Å². The molecule has 1 amide bonds. The van der Waals surface area contributed by atoms with Gasteiger partial charge in [0.05, 0.1) is 5.56 Å². The van der Waals surface area contributed by atoms with Gasteiger partial charge >= 0.3 is 6.18 Å². The summed E-state index contributed by atoms with van der Waals surface area (Å²) in [4.78, 5) is 15.2. The molecule has 1 aromatic heterocycles. The van der Waals surface area contributed by atoms with Gasteiger partial charge in [-0.15, -0.1) is 0 Å². The Morgan fingerprint density at radius 1 is 1.19 bits per heavy atom. The number of piperidine rings is 1. The van der Waals surface area contributed by atoms with Gasteiger partial charge in [0.25, 0.3) is 5.91 Å². The molecule has 1 saturated heterocycles. The number of carbonyl (C=O) groups excluding carboxylic acids is 1. The van der Waals surface area contributed by atoms with Crippen LogP contribution in [0.25, 0.3) is 0 Å². The van der Waals surface area contributed by atoms with Gasteiger partial charge in [-0.3, -0.25) is 9.48 Å². The van der Waals surface area contributed by atoms with Gasteiger partial charge in [-0.25, -0.2) is 4.31 Å². The predicted octanol–water partition coefficient (Wildman–Crippen LogP) is 4.97. The number of carbonyl (C=O) groups is 1. The van der Waals surface area contributed by atoms with Gasteiger partial charge in [-0.2, -0.15) is 18.3 Å². The van der Waals surface area contributed by atoms with Gasteiger partial charge in [0.2, 0.25) is 0 Å². The number of fused-ring (bicyclic) bond motifs is 1. The minimum atomic E-state index is -4.36. The lowest BCUT2D eigenvalue weighted by Crippen LogP contribution is -2.39. The van der Waals surface area contributed by atoms with Gasteiger partial charge in [0.1, 0.15) is 0 Å². The van der Waals surface area contributed by atoms with Gasteiger partial charge in [0, 0.05) is 44.0 Å². The molecule has 0 spiro atoms. The van der Waals surface area contributed by atoms with Crippen molar-refractivity contribution in [1.29, 1.82) is 0 Å². The number of hydrogen-bond donors (Lipinski definition) is 0. The summed E-state index contributed by atoms with van der Waals surface area (Å²) in [5, 5.41) is 4.66. The molecule has 5 nitrogen and oxygen atoms in total. The molecule has 0 saturated carbocycles. The van der Waals surface area contributed by atoms with E-state index in [0.717, 1.165) is 36.7 Å². The van der Waals surface area contributed by atoms with Crippen molar-refractivity contribution in [2.24, 2.45) is 0 Å². The summed E-state index contributed by atoms with van der Waals surface area (Å²) in [5.74, 6) is -0.298. The topological polar surface area (TPSA) is 41.4 Å². The van der Waals surface area contributed by atoms with E-state index in [9.17, 15) is 18.0 Å². The van der Waals surface area contributed by atoms with Crippen molar-refractivity contribution >= 4 is 17.9 Å². The third-order valence-corrected chi connectivity index (χ3v) is 7.40. The molecular formula is C23H29F3N4OS. The maximum atomic E-state index is 13.4. The van der Waals surface area contributed by atoms with Crippen LogP contribution in [-0.2, 0) is 25.7 Å². The number of aryl methyl sites for hydroxylation is 1. The van der Waals surface area contributed by atoms with E-state index < -0.39 is 11.7 Å². The lowest BCUT2D eigenvalue weighted by Gasteiger charge is -2.33. The summed E-state index contributed by atoms with van der Waals surface area (Å²) in [5.41, 5.74) is 2.44. The number of alkyl halides is 3. The molecule has 2 aromatic rings. The molecule has 0 atom stereocenters. The van der Waals surface area contributed by atoms with Crippen LogP contribution >= 0.6 is 11.9 Å². The maximum absolute atomic E-state index is 13.4. The Balaban J connectivity index is 1.52. The van der Waals surface area contributed by atoms with Crippen molar-refractivity contribution in [2.45, 2.75) is 57.8 Å². The molecule has 4 rings (SSSR count). The molecule has 9 heteroatoms. The van der Waals surface area contributed by atoms with Crippen molar-refractivity contribution in [2.75, 3.05) is 25.9 Å². The van der Waals surface area contributed by atoms with Gasteiger partial charge in [0.15, 0.2) is 5.69 Å². The van der Waals surface area contributed by atoms with Crippen LogP contribution in [0, 0.1) is 0 Å². The summed E-state index contributed by atoms with van der Waals surface area (Å²) in [7, 11) is 0. The van der Waals surface area contributed by atoms with E-state index in [0.29, 0.717) is 50.3 Å². The summed E-state index contributed by atoms with van der Waals surface area (Å²) in [6, 6.07) is 5.81. The molecule has 0 N–H and O–H groups in total. The lowest BCUT2D eigenvalue weighted by atomic mass is 9.86. The van der Waals surface area contributed by atoms with Crippen LogP contribution < -0.4 is 0 Å². The number of aromatic nitrogens is 2. The number of nitrogens with zero attached hydrogens (tertiary/aromatic N) is 4. The molecule has 1 aromatic carbocycles. The van der Waals surface area contributed by atoms with Crippen molar-refractivity contribution < 1.29 is 18.0 Å². The van der Waals surface area contributed by atoms with E-state index in [2.05, 4.69) is 9.40 Å². The molecule has 32 heavy (non-hydrogen) atoms. The Labute approximate surface area is 191 Å². The lowest BCUT2D eigenvalue weighted by molar-refractivity contribution is -0.138. The molecule has 1 fully saturated rings. The Morgan fingerprint density at radius 3 is 2.56 bits per heavy atom. The van der Waals surface area contributed by atoms with Crippen molar-refractivity contribution in [3.63, 3.8) is 0 Å². The van der Waals surface area contributed by atoms with Crippen LogP contribution in [0.2, 0.25) is 0 Å². The Kier molecular flexibility index (Phi) is 6.86. The summed E-state index contributed by atoms with van der Waals surface area (Å²) < 4.78 is 44.5. The minimum absolute atomic E-state index is 0.0982. The SMILES string of the molecule is CCn1nc(C(=O)N2CCC(c3ccccc3C(F)(F)F)CC2)c2c1CCCN(SC)C2. The first-order chi connectivity index (χ1) is 15.3. The molecular weight excluding hydrogens is 437 g/mol. The number of amides is 1. The molecule has 3 heterocycles. The third kappa shape index (κ3) is 4.55. The van der Waals surface area contributed by atoms with Gasteiger partial charge in [-0.1, -0.05) is 30.1 Å². The summed E-state index contributed by atoms with van der Waals surface area (Å²) in [6.45, 7) is 5.28. The zero-order chi connectivity index (χ0) is 22.9. The van der Waals surface area contributed by atoms with E-state index in [4.69, 9.17) is 0 Å². The normalized spacial score (nSPS) is 18.5. The fourth-order valence-electron chi connectivity index (χ4n) is 4.90. The second kappa shape index (κ2) is 9.47. The minimum Gasteiger partial charge on any atom is -0.337 e. The smallest absolute Gasteiger partial charge is 0.337 e. The van der Waals surface area contributed by atoms with E-state index in [1.54, 1.807) is 29.0 Å². The monoisotopic (exact) mass is 466 g/mol. The molecule has 0 bridgehead atoms. The number of likely N-dealkylation sites (tertiary alicyclic amines) is 1.